The molecule has 0 unspecified atom stereocenters. The molecule has 24 heavy (non-hydrogen) atoms. The molecule has 0 saturated carbocycles. The van der Waals surface area contributed by atoms with E-state index in [4.69, 9.17) is 5.73 Å². The lowest BCUT2D eigenvalue weighted by Crippen LogP contribution is -2.52. The first-order valence-electron chi connectivity index (χ1n) is 8.59. The van der Waals surface area contributed by atoms with E-state index in [1.807, 2.05) is 23.1 Å². The Morgan fingerprint density at radius 2 is 1.96 bits per heavy atom. The zero-order valence-electron chi connectivity index (χ0n) is 13.9. The second-order valence-electron chi connectivity index (χ2n) is 6.53. The molecular weight excluding hydrogens is 306 g/mol. The fourth-order valence-electron chi connectivity index (χ4n) is 3.45. The highest BCUT2D eigenvalue weighted by Crippen LogP contribution is 2.17. The maximum absolute atomic E-state index is 12.5. The number of rotatable bonds is 4. The smallest absolute Gasteiger partial charge is 0.236 e. The largest absolute Gasteiger partial charge is 0.369 e. The number of pyridine rings is 1. The van der Waals surface area contributed by atoms with Crippen molar-refractivity contribution in [2.24, 2.45) is 11.7 Å². The van der Waals surface area contributed by atoms with Crippen LogP contribution in [0.2, 0.25) is 0 Å². The molecule has 7 heteroatoms. The van der Waals surface area contributed by atoms with Crippen molar-refractivity contribution >= 4 is 17.6 Å². The lowest BCUT2D eigenvalue weighted by atomic mass is 9.97. The van der Waals surface area contributed by atoms with Crippen LogP contribution in [0.25, 0.3) is 0 Å². The Kier molecular flexibility index (Phi) is 5.30. The number of aromatic nitrogens is 1. The van der Waals surface area contributed by atoms with Crippen molar-refractivity contribution in [1.82, 2.24) is 14.8 Å². The molecule has 3 heterocycles. The number of anilines is 1. The summed E-state index contributed by atoms with van der Waals surface area (Å²) >= 11 is 0. The van der Waals surface area contributed by atoms with Crippen molar-refractivity contribution in [1.29, 1.82) is 0 Å². The van der Waals surface area contributed by atoms with Crippen LogP contribution in [0.5, 0.6) is 0 Å². The van der Waals surface area contributed by atoms with Gasteiger partial charge in [0.05, 0.1) is 12.5 Å². The molecule has 2 saturated heterocycles. The van der Waals surface area contributed by atoms with Crippen molar-refractivity contribution in [3.63, 3.8) is 0 Å². The molecule has 0 radical (unpaired) electrons. The van der Waals surface area contributed by atoms with Gasteiger partial charge in [-0.2, -0.15) is 0 Å². The van der Waals surface area contributed by atoms with Crippen LogP contribution < -0.4 is 10.6 Å². The normalized spacial score (nSPS) is 22.4. The fraction of sp³-hybridized carbons (Fsp3) is 0.588. The summed E-state index contributed by atoms with van der Waals surface area (Å²) in [7, 11) is 0. The number of hydrogen-bond donors (Lipinski definition) is 1. The first kappa shape index (κ1) is 16.7. The van der Waals surface area contributed by atoms with Gasteiger partial charge in [0.2, 0.25) is 11.8 Å². The standard InChI is InChI=1S/C17H25N5O2/c18-17(24)14-4-3-7-20(12-14)13-16(23)22-10-8-21(9-11-22)15-5-1-2-6-19-15/h1-2,5-6,14H,3-4,7-13H2,(H2,18,24)/t14-/m1/s1. The SMILES string of the molecule is NC(=O)[C@@H]1CCCN(CC(=O)N2CCN(c3ccccn3)CC2)C1. The van der Waals surface area contributed by atoms with Gasteiger partial charge >= 0.3 is 0 Å². The van der Waals surface area contributed by atoms with Crippen LogP contribution in [-0.4, -0.2) is 72.4 Å². The molecule has 0 spiro atoms. The number of likely N-dealkylation sites (tertiary alicyclic amines) is 1. The third kappa shape index (κ3) is 4.03. The van der Waals surface area contributed by atoms with Crippen LogP contribution in [0.1, 0.15) is 12.8 Å². The van der Waals surface area contributed by atoms with E-state index in [0.29, 0.717) is 26.2 Å². The number of carbonyl (C=O) groups is 2. The third-order valence-corrected chi connectivity index (χ3v) is 4.87. The molecule has 3 rings (SSSR count). The zero-order valence-corrected chi connectivity index (χ0v) is 13.9. The quantitative estimate of drug-likeness (QED) is 0.835. The van der Waals surface area contributed by atoms with Gasteiger partial charge in [0.15, 0.2) is 0 Å². The summed E-state index contributed by atoms with van der Waals surface area (Å²) in [5.74, 6) is 0.731. The highest BCUT2D eigenvalue weighted by atomic mass is 16.2. The first-order valence-corrected chi connectivity index (χ1v) is 8.59. The molecule has 7 nitrogen and oxygen atoms in total. The molecule has 2 N–H and O–H groups in total. The average Bonchev–Trinajstić information content (AvgIpc) is 2.63. The maximum Gasteiger partial charge on any atom is 0.236 e. The second-order valence-corrected chi connectivity index (χ2v) is 6.53. The summed E-state index contributed by atoms with van der Waals surface area (Å²) in [6.07, 6.45) is 3.55. The average molecular weight is 331 g/mol. The van der Waals surface area contributed by atoms with Crippen LogP contribution in [-0.2, 0) is 9.59 Å². The van der Waals surface area contributed by atoms with E-state index in [0.717, 1.165) is 38.3 Å². The Labute approximate surface area is 142 Å². The van der Waals surface area contributed by atoms with Gasteiger partial charge < -0.3 is 15.5 Å². The van der Waals surface area contributed by atoms with Crippen molar-refractivity contribution in [3.05, 3.63) is 24.4 Å². The molecular formula is C17H25N5O2. The molecule has 1 aromatic rings. The summed E-state index contributed by atoms with van der Waals surface area (Å²) in [5.41, 5.74) is 5.40. The summed E-state index contributed by atoms with van der Waals surface area (Å²) in [6.45, 7) is 4.87. The zero-order chi connectivity index (χ0) is 16.9. The van der Waals surface area contributed by atoms with Gasteiger partial charge in [-0.05, 0) is 31.5 Å². The van der Waals surface area contributed by atoms with Gasteiger partial charge in [-0.1, -0.05) is 6.07 Å². The van der Waals surface area contributed by atoms with E-state index in [1.54, 1.807) is 6.20 Å². The van der Waals surface area contributed by atoms with Crippen LogP contribution in [0.15, 0.2) is 24.4 Å². The number of carbonyl (C=O) groups excluding carboxylic acids is 2. The van der Waals surface area contributed by atoms with Gasteiger partial charge in [0.1, 0.15) is 5.82 Å². The minimum absolute atomic E-state index is 0.118. The van der Waals surface area contributed by atoms with Crippen LogP contribution >= 0.6 is 0 Å². The van der Waals surface area contributed by atoms with E-state index >= 15 is 0 Å². The predicted molar refractivity (Wildman–Crippen MR) is 91.4 cm³/mol. The number of piperazine rings is 1. The van der Waals surface area contributed by atoms with Crippen LogP contribution in [0, 0.1) is 5.92 Å². The summed E-state index contributed by atoms with van der Waals surface area (Å²) in [6, 6.07) is 5.88. The van der Waals surface area contributed by atoms with E-state index in [2.05, 4.69) is 14.8 Å². The van der Waals surface area contributed by atoms with Crippen LogP contribution in [0.4, 0.5) is 5.82 Å². The molecule has 0 aromatic carbocycles. The van der Waals surface area contributed by atoms with Gasteiger partial charge in [-0.15, -0.1) is 0 Å². The lowest BCUT2D eigenvalue weighted by molar-refractivity contribution is -0.134. The molecule has 1 aromatic heterocycles. The Morgan fingerprint density at radius 1 is 1.17 bits per heavy atom. The molecule has 130 valence electrons. The fourth-order valence-corrected chi connectivity index (χ4v) is 3.45. The van der Waals surface area contributed by atoms with Crippen LogP contribution in [0.3, 0.4) is 0 Å². The lowest BCUT2D eigenvalue weighted by Gasteiger charge is -2.37. The number of piperidine rings is 1. The Hall–Kier alpha value is -2.15. The van der Waals surface area contributed by atoms with Crippen molar-refractivity contribution in [2.75, 3.05) is 50.7 Å². The highest BCUT2D eigenvalue weighted by Gasteiger charge is 2.28. The molecule has 2 fully saturated rings. The molecule has 1 atom stereocenters. The number of hydrogen-bond acceptors (Lipinski definition) is 5. The minimum Gasteiger partial charge on any atom is -0.369 e. The second kappa shape index (κ2) is 7.61. The molecule has 2 amide bonds. The maximum atomic E-state index is 12.5. The third-order valence-electron chi connectivity index (χ3n) is 4.87. The summed E-state index contributed by atoms with van der Waals surface area (Å²) < 4.78 is 0. The number of nitrogens with two attached hydrogens (primary N) is 1. The van der Waals surface area contributed by atoms with Gasteiger partial charge in [-0.25, -0.2) is 4.98 Å². The van der Waals surface area contributed by atoms with Crippen molar-refractivity contribution in [3.8, 4) is 0 Å². The topological polar surface area (TPSA) is 82.8 Å². The van der Waals surface area contributed by atoms with E-state index in [1.165, 1.54) is 0 Å². The Morgan fingerprint density at radius 3 is 2.62 bits per heavy atom. The minimum atomic E-state index is -0.254. The molecule has 2 aliphatic heterocycles. The summed E-state index contributed by atoms with van der Waals surface area (Å²) in [5, 5.41) is 0. The van der Waals surface area contributed by atoms with E-state index < -0.39 is 0 Å². The van der Waals surface area contributed by atoms with Gasteiger partial charge in [-0.3, -0.25) is 14.5 Å². The first-order chi connectivity index (χ1) is 11.6. The molecule has 2 aliphatic rings. The van der Waals surface area contributed by atoms with E-state index in [9.17, 15) is 9.59 Å². The number of nitrogens with zero attached hydrogens (tertiary/aromatic N) is 4. The number of amides is 2. The number of primary amides is 1. The van der Waals surface area contributed by atoms with Gasteiger partial charge in [0.25, 0.3) is 0 Å². The Bertz CT molecular complexity index is 572. The van der Waals surface area contributed by atoms with Crippen molar-refractivity contribution < 1.29 is 9.59 Å². The van der Waals surface area contributed by atoms with Crippen molar-refractivity contribution in [2.45, 2.75) is 12.8 Å². The monoisotopic (exact) mass is 331 g/mol. The highest BCUT2D eigenvalue weighted by molar-refractivity contribution is 5.79. The molecule has 0 bridgehead atoms. The predicted octanol–water partition coefficient (Wildman–Crippen LogP) is -0.0725. The Balaban J connectivity index is 1.48. The van der Waals surface area contributed by atoms with E-state index in [-0.39, 0.29) is 17.7 Å². The summed E-state index contributed by atoms with van der Waals surface area (Å²) in [4.78, 5) is 34.4. The van der Waals surface area contributed by atoms with Gasteiger partial charge in [0, 0.05) is 38.9 Å². The molecule has 0 aliphatic carbocycles.